The van der Waals surface area contributed by atoms with Gasteiger partial charge in [0.25, 0.3) is 0 Å². The van der Waals surface area contributed by atoms with Crippen LogP contribution >= 0.6 is 0 Å². The topological polar surface area (TPSA) is 44.8 Å². The lowest BCUT2D eigenvalue weighted by Crippen LogP contribution is -2.09. The number of aromatic nitrogens is 3. The molecular formula is C49H42N4. The maximum Gasteiger partial charge on any atom is 0.0973 e. The number of H-pyrrole nitrogens is 1. The van der Waals surface area contributed by atoms with Crippen molar-refractivity contribution in [3.8, 4) is 22.5 Å². The van der Waals surface area contributed by atoms with Crippen molar-refractivity contribution in [1.82, 2.24) is 15.0 Å². The van der Waals surface area contributed by atoms with E-state index >= 15 is 0 Å². The van der Waals surface area contributed by atoms with Crippen LogP contribution in [0.4, 0.5) is 17.1 Å². The van der Waals surface area contributed by atoms with E-state index in [4.69, 9.17) is 9.97 Å². The highest BCUT2D eigenvalue weighted by Gasteiger charge is 2.17. The Labute approximate surface area is 311 Å². The van der Waals surface area contributed by atoms with Crippen LogP contribution in [0.5, 0.6) is 0 Å². The largest absolute Gasteiger partial charge is 0.355 e. The van der Waals surface area contributed by atoms with Crippen molar-refractivity contribution in [2.24, 2.45) is 0 Å². The van der Waals surface area contributed by atoms with Crippen molar-refractivity contribution in [1.29, 1.82) is 0 Å². The standard InChI is InChI=1S/C42H28N4.C4H8.C3H6/c1-2-12-32(13-3-1)46(34-24-25-38-36(27-34)35-14-6-7-15-37(35)43-38)33-22-20-29(21-23-33)41-42(45-40-17-9-8-16-39(40)44-41)31-19-18-28-10-4-5-11-30(28)26-31;1-3-4-2;1-3-2/h1-27,43H;3-4H,1-2H3;3H,1H2,2H3/b;4-3-;. The van der Waals surface area contributed by atoms with Crippen molar-refractivity contribution in [2.75, 3.05) is 4.90 Å². The van der Waals surface area contributed by atoms with E-state index < -0.39 is 0 Å². The fraction of sp³-hybridized carbons (Fsp3) is 0.0612. The molecule has 9 aromatic rings. The van der Waals surface area contributed by atoms with Gasteiger partial charge in [0.1, 0.15) is 0 Å². The minimum Gasteiger partial charge on any atom is -0.355 e. The molecule has 0 unspecified atom stereocenters. The molecule has 0 saturated carbocycles. The number of nitrogens with zero attached hydrogens (tertiary/aromatic N) is 3. The van der Waals surface area contributed by atoms with Gasteiger partial charge in [0, 0.05) is 50.0 Å². The summed E-state index contributed by atoms with van der Waals surface area (Å²) in [6, 6.07) is 57.4. The number of hydrogen-bond donors (Lipinski definition) is 1. The number of nitrogens with one attached hydrogen (secondary N) is 1. The third-order valence-electron chi connectivity index (χ3n) is 9.09. The summed E-state index contributed by atoms with van der Waals surface area (Å²) in [5.74, 6) is 0. The van der Waals surface area contributed by atoms with E-state index in [1.165, 1.54) is 21.5 Å². The first-order valence-electron chi connectivity index (χ1n) is 18.0. The number of anilines is 3. The van der Waals surface area contributed by atoms with Gasteiger partial charge in [0.05, 0.1) is 22.4 Å². The van der Waals surface area contributed by atoms with Gasteiger partial charge in [-0.25, -0.2) is 9.97 Å². The SMILES string of the molecule is C/C=C\C.C=CC.c1ccc(N(c2ccc(-c3nc4ccccc4nc3-c3ccc4ccccc4c3)cc2)c2ccc3[nH]c4ccccc4c3c2)cc1. The Morgan fingerprint density at radius 3 is 1.70 bits per heavy atom. The molecule has 0 atom stereocenters. The summed E-state index contributed by atoms with van der Waals surface area (Å²) < 4.78 is 0. The molecular weight excluding hydrogens is 645 g/mol. The Morgan fingerprint density at radius 2 is 1.00 bits per heavy atom. The lowest BCUT2D eigenvalue weighted by molar-refractivity contribution is 1.27. The van der Waals surface area contributed by atoms with Crippen LogP contribution in [-0.4, -0.2) is 15.0 Å². The van der Waals surface area contributed by atoms with Gasteiger partial charge in [-0.15, -0.1) is 6.58 Å². The second-order valence-corrected chi connectivity index (χ2v) is 12.7. The first kappa shape index (κ1) is 34.7. The molecule has 0 aliphatic heterocycles. The lowest BCUT2D eigenvalue weighted by atomic mass is 10.00. The van der Waals surface area contributed by atoms with Crippen LogP contribution in [0, 0.1) is 0 Å². The molecule has 2 heterocycles. The normalized spacial score (nSPS) is 10.9. The second kappa shape index (κ2) is 16.1. The Morgan fingerprint density at radius 1 is 0.472 bits per heavy atom. The minimum atomic E-state index is 0.868. The van der Waals surface area contributed by atoms with E-state index in [1.54, 1.807) is 6.08 Å². The average molecular weight is 687 g/mol. The van der Waals surface area contributed by atoms with E-state index in [2.05, 4.69) is 156 Å². The molecule has 0 amide bonds. The van der Waals surface area contributed by atoms with Gasteiger partial charge in [0.15, 0.2) is 0 Å². The van der Waals surface area contributed by atoms with Crippen LogP contribution in [0.1, 0.15) is 20.8 Å². The van der Waals surface area contributed by atoms with Crippen LogP contribution in [0.3, 0.4) is 0 Å². The Balaban J connectivity index is 0.000000576. The van der Waals surface area contributed by atoms with Crippen molar-refractivity contribution in [2.45, 2.75) is 20.8 Å². The molecule has 0 aliphatic rings. The molecule has 0 saturated heterocycles. The zero-order valence-electron chi connectivity index (χ0n) is 30.4. The highest BCUT2D eigenvalue weighted by Crippen LogP contribution is 2.39. The van der Waals surface area contributed by atoms with E-state index in [0.29, 0.717) is 0 Å². The van der Waals surface area contributed by atoms with E-state index in [1.807, 2.05) is 57.2 Å². The fourth-order valence-corrected chi connectivity index (χ4v) is 6.51. The van der Waals surface area contributed by atoms with Crippen LogP contribution < -0.4 is 4.90 Å². The highest BCUT2D eigenvalue weighted by atomic mass is 15.1. The van der Waals surface area contributed by atoms with Crippen LogP contribution in [0.25, 0.3) is 66.1 Å². The quantitative estimate of drug-likeness (QED) is 0.183. The highest BCUT2D eigenvalue weighted by molar-refractivity contribution is 6.08. The van der Waals surface area contributed by atoms with Gasteiger partial charge < -0.3 is 9.88 Å². The summed E-state index contributed by atoms with van der Waals surface area (Å²) in [6.45, 7) is 9.25. The Bertz CT molecular complexity index is 2670. The fourth-order valence-electron chi connectivity index (χ4n) is 6.51. The first-order chi connectivity index (χ1) is 26.1. The Kier molecular flexibility index (Phi) is 10.5. The van der Waals surface area contributed by atoms with Crippen molar-refractivity contribution < 1.29 is 0 Å². The van der Waals surface area contributed by atoms with Crippen LogP contribution in [-0.2, 0) is 0 Å². The molecule has 0 bridgehead atoms. The monoisotopic (exact) mass is 686 g/mol. The summed E-state index contributed by atoms with van der Waals surface area (Å²) in [7, 11) is 0. The number of rotatable bonds is 5. The van der Waals surface area contributed by atoms with Gasteiger partial charge >= 0.3 is 0 Å². The summed E-state index contributed by atoms with van der Waals surface area (Å²) in [4.78, 5) is 16.2. The molecule has 0 radical (unpaired) electrons. The number of allylic oxidation sites excluding steroid dienone is 3. The third kappa shape index (κ3) is 7.35. The predicted molar refractivity (Wildman–Crippen MR) is 228 cm³/mol. The molecule has 4 nitrogen and oxygen atoms in total. The zero-order chi connectivity index (χ0) is 36.6. The van der Waals surface area contributed by atoms with Crippen LogP contribution in [0.15, 0.2) is 189 Å². The zero-order valence-corrected chi connectivity index (χ0v) is 30.4. The molecule has 0 spiro atoms. The van der Waals surface area contributed by atoms with E-state index in [-0.39, 0.29) is 0 Å². The van der Waals surface area contributed by atoms with Gasteiger partial charge in [-0.05, 0) is 98.3 Å². The molecule has 53 heavy (non-hydrogen) atoms. The number of aromatic amines is 1. The van der Waals surface area contributed by atoms with Crippen LogP contribution in [0.2, 0.25) is 0 Å². The number of fused-ring (bicyclic) bond motifs is 5. The maximum atomic E-state index is 5.17. The average Bonchev–Trinajstić information content (AvgIpc) is 3.59. The summed E-state index contributed by atoms with van der Waals surface area (Å²) in [6.07, 6.45) is 5.75. The molecule has 258 valence electrons. The molecule has 7 aromatic carbocycles. The molecule has 4 heteroatoms. The first-order valence-corrected chi connectivity index (χ1v) is 18.0. The molecule has 9 rings (SSSR count). The van der Waals surface area contributed by atoms with E-state index in [0.717, 1.165) is 61.6 Å². The van der Waals surface area contributed by atoms with Crippen molar-refractivity contribution >= 4 is 60.7 Å². The molecule has 2 aromatic heterocycles. The number of benzene rings is 7. The van der Waals surface area contributed by atoms with E-state index in [9.17, 15) is 0 Å². The predicted octanol–water partition coefficient (Wildman–Crippen LogP) is 14.0. The minimum absolute atomic E-state index is 0.868. The number of para-hydroxylation sites is 4. The summed E-state index contributed by atoms with van der Waals surface area (Å²) in [5.41, 5.74) is 11.1. The summed E-state index contributed by atoms with van der Waals surface area (Å²) >= 11 is 0. The van der Waals surface area contributed by atoms with Crippen molar-refractivity contribution in [3.63, 3.8) is 0 Å². The molecule has 0 aliphatic carbocycles. The molecule has 1 N–H and O–H groups in total. The van der Waals surface area contributed by atoms with Gasteiger partial charge in [-0.3, -0.25) is 0 Å². The maximum absolute atomic E-state index is 5.17. The number of hydrogen-bond acceptors (Lipinski definition) is 3. The lowest BCUT2D eigenvalue weighted by Gasteiger charge is -2.26. The summed E-state index contributed by atoms with van der Waals surface area (Å²) in [5, 5.41) is 4.82. The molecule has 0 fully saturated rings. The van der Waals surface area contributed by atoms with Gasteiger partial charge in [-0.1, -0.05) is 115 Å². The smallest absolute Gasteiger partial charge is 0.0973 e. The van der Waals surface area contributed by atoms with Crippen molar-refractivity contribution in [3.05, 3.63) is 189 Å². The van der Waals surface area contributed by atoms with Gasteiger partial charge in [-0.2, -0.15) is 0 Å². The third-order valence-corrected chi connectivity index (χ3v) is 9.09. The second-order valence-electron chi connectivity index (χ2n) is 12.7. The Hall–Kier alpha value is -6.78. The van der Waals surface area contributed by atoms with Gasteiger partial charge in [0.2, 0.25) is 0 Å².